The molecule has 0 bridgehead atoms. The standard InChI is InChI=1S/C16H9ClF4O3/c17-11-1-2-14(24-4-3-22)13(8-11)15(23)9-5-10(16(19,20)21)7-12(18)6-9/h1-3,5-8H,4H2. The summed E-state index contributed by atoms with van der Waals surface area (Å²) in [5.41, 5.74) is -1.98. The Morgan fingerprint density at radius 1 is 1.17 bits per heavy atom. The van der Waals surface area contributed by atoms with Crippen molar-refractivity contribution in [2.75, 3.05) is 6.61 Å². The molecule has 0 unspecified atom stereocenters. The van der Waals surface area contributed by atoms with Crippen LogP contribution in [-0.2, 0) is 11.0 Å². The molecule has 0 saturated heterocycles. The third-order valence-electron chi connectivity index (χ3n) is 2.98. The molecule has 2 rings (SSSR count). The van der Waals surface area contributed by atoms with Crippen LogP contribution in [0.25, 0.3) is 0 Å². The molecule has 0 spiro atoms. The summed E-state index contributed by atoms with van der Waals surface area (Å²) < 4.78 is 56.8. The zero-order valence-corrected chi connectivity index (χ0v) is 12.6. The number of carbonyl (C=O) groups is 2. The van der Waals surface area contributed by atoms with Crippen molar-refractivity contribution in [3.05, 3.63) is 63.9 Å². The fraction of sp³-hybridized carbons (Fsp3) is 0.125. The Balaban J connectivity index is 2.51. The topological polar surface area (TPSA) is 43.4 Å². The number of rotatable bonds is 5. The molecule has 0 aliphatic heterocycles. The highest BCUT2D eigenvalue weighted by atomic mass is 35.5. The van der Waals surface area contributed by atoms with E-state index < -0.39 is 28.9 Å². The second kappa shape index (κ2) is 7.00. The monoisotopic (exact) mass is 360 g/mol. The van der Waals surface area contributed by atoms with Crippen LogP contribution < -0.4 is 4.74 Å². The summed E-state index contributed by atoms with van der Waals surface area (Å²) in [4.78, 5) is 22.8. The lowest BCUT2D eigenvalue weighted by molar-refractivity contribution is -0.137. The molecule has 0 N–H and O–H groups in total. The van der Waals surface area contributed by atoms with Crippen molar-refractivity contribution in [3.63, 3.8) is 0 Å². The molecule has 2 aromatic rings. The Morgan fingerprint density at radius 3 is 2.50 bits per heavy atom. The molecule has 0 fully saturated rings. The highest BCUT2D eigenvalue weighted by molar-refractivity contribution is 6.31. The molecule has 24 heavy (non-hydrogen) atoms. The molecule has 0 aliphatic carbocycles. The smallest absolute Gasteiger partial charge is 0.416 e. The van der Waals surface area contributed by atoms with Crippen LogP contribution >= 0.6 is 11.6 Å². The molecule has 0 saturated carbocycles. The molecular formula is C16H9ClF4O3. The van der Waals surface area contributed by atoms with E-state index in [1.54, 1.807) is 0 Å². The average molecular weight is 361 g/mol. The zero-order chi connectivity index (χ0) is 17.9. The maximum absolute atomic E-state index is 13.5. The van der Waals surface area contributed by atoms with E-state index in [1.165, 1.54) is 18.2 Å². The first-order valence-corrected chi connectivity index (χ1v) is 6.88. The molecule has 0 aliphatic rings. The van der Waals surface area contributed by atoms with E-state index in [0.29, 0.717) is 24.5 Å². The fourth-order valence-corrected chi connectivity index (χ4v) is 2.14. The number of ketones is 1. The summed E-state index contributed by atoms with van der Waals surface area (Å²) in [6, 6.07) is 5.35. The van der Waals surface area contributed by atoms with Gasteiger partial charge in [0.1, 0.15) is 18.2 Å². The summed E-state index contributed by atoms with van der Waals surface area (Å²) in [6.07, 6.45) is -4.37. The second-order valence-corrected chi connectivity index (χ2v) is 5.11. The quantitative estimate of drug-likeness (QED) is 0.453. The second-order valence-electron chi connectivity index (χ2n) is 4.67. The number of halogens is 5. The van der Waals surface area contributed by atoms with Gasteiger partial charge in [0.05, 0.1) is 11.1 Å². The maximum atomic E-state index is 13.5. The van der Waals surface area contributed by atoms with Crippen molar-refractivity contribution in [2.45, 2.75) is 6.18 Å². The minimum Gasteiger partial charge on any atom is -0.485 e. The molecule has 126 valence electrons. The van der Waals surface area contributed by atoms with Gasteiger partial charge in [-0.3, -0.25) is 9.59 Å². The van der Waals surface area contributed by atoms with Gasteiger partial charge in [0.2, 0.25) is 0 Å². The van der Waals surface area contributed by atoms with Crippen LogP contribution in [-0.4, -0.2) is 18.7 Å². The Morgan fingerprint density at radius 2 is 1.88 bits per heavy atom. The molecule has 0 atom stereocenters. The molecule has 8 heteroatoms. The Labute approximate surface area is 138 Å². The van der Waals surface area contributed by atoms with Gasteiger partial charge in [-0.25, -0.2) is 4.39 Å². The molecule has 0 amide bonds. The van der Waals surface area contributed by atoms with Crippen LogP contribution in [0.5, 0.6) is 5.75 Å². The van der Waals surface area contributed by atoms with Gasteiger partial charge < -0.3 is 4.74 Å². The first-order chi connectivity index (χ1) is 11.2. The number of alkyl halides is 3. The minimum absolute atomic E-state index is 0.0469. The highest BCUT2D eigenvalue weighted by Gasteiger charge is 2.32. The number of ether oxygens (including phenoxy) is 1. The van der Waals surface area contributed by atoms with Gasteiger partial charge in [-0.1, -0.05) is 11.6 Å². The van der Waals surface area contributed by atoms with Gasteiger partial charge in [-0.15, -0.1) is 0 Å². The lowest BCUT2D eigenvalue weighted by Gasteiger charge is -2.12. The largest absolute Gasteiger partial charge is 0.485 e. The maximum Gasteiger partial charge on any atom is 0.416 e. The van der Waals surface area contributed by atoms with Gasteiger partial charge in [0.25, 0.3) is 0 Å². The van der Waals surface area contributed by atoms with E-state index in [2.05, 4.69) is 0 Å². The lowest BCUT2D eigenvalue weighted by Crippen LogP contribution is -2.11. The third kappa shape index (κ3) is 4.11. The number of aldehydes is 1. The highest BCUT2D eigenvalue weighted by Crippen LogP contribution is 2.32. The zero-order valence-electron chi connectivity index (χ0n) is 11.9. The molecule has 3 nitrogen and oxygen atoms in total. The van der Waals surface area contributed by atoms with Crippen molar-refractivity contribution in [1.82, 2.24) is 0 Å². The first-order valence-electron chi connectivity index (χ1n) is 6.51. The van der Waals surface area contributed by atoms with Gasteiger partial charge >= 0.3 is 6.18 Å². The molecule has 0 radical (unpaired) electrons. The molecule has 2 aromatic carbocycles. The summed E-state index contributed by atoms with van der Waals surface area (Å²) in [6.45, 7) is -0.362. The van der Waals surface area contributed by atoms with Crippen molar-refractivity contribution >= 4 is 23.7 Å². The molecule has 0 aromatic heterocycles. The minimum atomic E-state index is -4.80. The van der Waals surface area contributed by atoms with Gasteiger partial charge in [-0.05, 0) is 36.4 Å². The fourth-order valence-electron chi connectivity index (χ4n) is 1.97. The molecule has 0 heterocycles. The number of benzene rings is 2. The summed E-state index contributed by atoms with van der Waals surface area (Å²) in [5, 5.41) is 0.129. The number of hydrogen-bond acceptors (Lipinski definition) is 3. The van der Waals surface area contributed by atoms with Crippen LogP contribution in [0.2, 0.25) is 5.02 Å². The van der Waals surface area contributed by atoms with Crippen molar-refractivity contribution in [2.24, 2.45) is 0 Å². The van der Waals surface area contributed by atoms with Gasteiger partial charge in [-0.2, -0.15) is 13.2 Å². The Kier molecular flexibility index (Phi) is 5.23. The van der Waals surface area contributed by atoms with Crippen LogP contribution in [0.3, 0.4) is 0 Å². The van der Waals surface area contributed by atoms with Crippen LogP contribution in [0.1, 0.15) is 21.5 Å². The predicted octanol–water partition coefficient (Wildman–Crippen LogP) is 4.31. The first kappa shape index (κ1) is 17.9. The Hall–Kier alpha value is -2.41. The van der Waals surface area contributed by atoms with Crippen molar-refractivity contribution in [3.8, 4) is 5.75 Å². The summed E-state index contributed by atoms with van der Waals surface area (Å²) >= 11 is 5.79. The predicted molar refractivity (Wildman–Crippen MR) is 77.8 cm³/mol. The van der Waals surface area contributed by atoms with Crippen LogP contribution in [0.15, 0.2) is 36.4 Å². The van der Waals surface area contributed by atoms with E-state index >= 15 is 0 Å². The summed E-state index contributed by atoms with van der Waals surface area (Å²) in [7, 11) is 0. The van der Waals surface area contributed by atoms with Gasteiger partial charge in [0.15, 0.2) is 12.1 Å². The number of carbonyl (C=O) groups excluding carboxylic acids is 2. The van der Waals surface area contributed by atoms with Crippen molar-refractivity contribution in [1.29, 1.82) is 0 Å². The Bertz CT molecular complexity index is 787. The SMILES string of the molecule is O=CCOc1ccc(Cl)cc1C(=O)c1cc(F)cc(C(F)(F)F)c1. The van der Waals surface area contributed by atoms with E-state index in [0.717, 1.165) is 0 Å². The van der Waals surface area contributed by atoms with Gasteiger partial charge in [0, 0.05) is 10.6 Å². The lowest BCUT2D eigenvalue weighted by atomic mass is 10.00. The van der Waals surface area contributed by atoms with E-state index in [1.807, 2.05) is 0 Å². The average Bonchev–Trinajstić information content (AvgIpc) is 2.51. The number of hydrogen-bond donors (Lipinski definition) is 0. The summed E-state index contributed by atoms with van der Waals surface area (Å²) in [5.74, 6) is -2.16. The normalized spacial score (nSPS) is 11.2. The van der Waals surface area contributed by atoms with E-state index in [-0.39, 0.29) is 22.9 Å². The molecular weight excluding hydrogens is 352 g/mol. The van der Waals surface area contributed by atoms with Crippen LogP contribution in [0.4, 0.5) is 17.6 Å². The van der Waals surface area contributed by atoms with E-state index in [4.69, 9.17) is 16.3 Å². The van der Waals surface area contributed by atoms with Crippen LogP contribution in [0, 0.1) is 5.82 Å². The van der Waals surface area contributed by atoms with Crippen molar-refractivity contribution < 1.29 is 31.9 Å². The third-order valence-corrected chi connectivity index (χ3v) is 3.22. The van der Waals surface area contributed by atoms with E-state index in [9.17, 15) is 27.2 Å².